The van der Waals surface area contributed by atoms with Gasteiger partial charge in [0.05, 0.1) is 12.5 Å². The molecule has 1 N–H and O–H groups in total. The minimum atomic E-state index is -0.443. The molecule has 0 aromatic heterocycles. The predicted octanol–water partition coefficient (Wildman–Crippen LogP) is 1.40. The Kier molecular flexibility index (Phi) is 3.93. The van der Waals surface area contributed by atoms with Crippen LogP contribution >= 0.6 is 0 Å². The standard InChI is InChI=1S/C11H21NO2/c1-4-8(2)5-9(3)12-7-10(13)6-11(12)14/h8-10,13H,4-7H2,1-3H3. The lowest BCUT2D eigenvalue weighted by Gasteiger charge is -2.26. The first-order valence-corrected chi connectivity index (χ1v) is 5.52. The largest absolute Gasteiger partial charge is 0.391 e. The zero-order chi connectivity index (χ0) is 10.7. The normalized spacial score (nSPS) is 26.7. The molecule has 3 atom stereocenters. The summed E-state index contributed by atoms with van der Waals surface area (Å²) in [5.41, 5.74) is 0. The van der Waals surface area contributed by atoms with Crippen molar-refractivity contribution in [3.8, 4) is 0 Å². The van der Waals surface area contributed by atoms with E-state index >= 15 is 0 Å². The maximum absolute atomic E-state index is 11.5. The Labute approximate surface area is 86.1 Å². The van der Waals surface area contributed by atoms with E-state index in [1.54, 1.807) is 0 Å². The molecular weight excluding hydrogens is 178 g/mol. The van der Waals surface area contributed by atoms with Crippen molar-refractivity contribution in [2.24, 2.45) is 5.92 Å². The highest BCUT2D eigenvalue weighted by Crippen LogP contribution is 2.20. The third-order valence-electron chi connectivity index (χ3n) is 3.11. The van der Waals surface area contributed by atoms with Crippen LogP contribution in [0.15, 0.2) is 0 Å². The molecule has 1 heterocycles. The van der Waals surface area contributed by atoms with E-state index in [9.17, 15) is 9.90 Å². The van der Waals surface area contributed by atoms with Gasteiger partial charge >= 0.3 is 0 Å². The maximum atomic E-state index is 11.5. The first kappa shape index (κ1) is 11.5. The molecular formula is C11H21NO2. The molecule has 0 bridgehead atoms. The number of hydrogen-bond acceptors (Lipinski definition) is 2. The van der Waals surface area contributed by atoms with Crippen LogP contribution in [0, 0.1) is 5.92 Å². The van der Waals surface area contributed by atoms with Gasteiger partial charge in [-0.3, -0.25) is 4.79 Å². The van der Waals surface area contributed by atoms with Crippen LogP contribution in [0.1, 0.15) is 40.0 Å². The lowest BCUT2D eigenvalue weighted by atomic mass is 9.99. The van der Waals surface area contributed by atoms with Gasteiger partial charge in [-0.15, -0.1) is 0 Å². The van der Waals surface area contributed by atoms with Crippen molar-refractivity contribution in [3.05, 3.63) is 0 Å². The van der Waals surface area contributed by atoms with Gasteiger partial charge in [0, 0.05) is 12.6 Å². The van der Waals surface area contributed by atoms with Crippen molar-refractivity contribution in [3.63, 3.8) is 0 Å². The summed E-state index contributed by atoms with van der Waals surface area (Å²) >= 11 is 0. The van der Waals surface area contributed by atoms with E-state index < -0.39 is 6.10 Å². The van der Waals surface area contributed by atoms with Crippen LogP contribution in [0.2, 0.25) is 0 Å². The lowest BCUT2D eigenvalue weighted by molar-refractivity contribution is -0.129. The molecule has 0 radical (unpaired) electrons. The monoisotopic (exact) mass is 199 g/mol. The molecule has 1 fully saturated rings. The number of nitrogens with zero attached hydrogens (tertiary/aromatic N) is 1. The van der Waals surface area contributed by atoms with E-state index in [4.69, 9.17) is 0 Å². The number of carbonyl (C=O) groups excluding carboxylic acids is 1. The first-order chi connectivity index (χ1) is 6.54. The summed E-state index contributed by atoms with van der Waals surface area (Å²) in [6.07, 6.45) is 2.05. The van der Waals surface area contributed by atoms with Crippen LogP contribution in [0.3, 0.4) is 0 Å². The Morgan fingerprint density at radius 3 is 2.64 bits per heavy atom. The van der Waals surface area contributed by atoms with Crippen molar-refractivity contribution < 1.29 is 9.90 Å². The molecule has 1 amide bonds. The SMILES string of the molecule is CCC(C)CC(C)N1CC(O)CC1=O. The Balaban J connectivity index is 2.44. The second kappa shape index (κ2) is 4.78. The maximum Gasteiger partial charge on any atom is 0.225 e. The van der Waals surface area contributed by atoms with Gasteiger partial charge in [0.25, 0.3) is 0 Å². The van der Waals surface area contributed by atoms with Crippen LogP contribution in [-0.2, 0) is 4.79 Å². The molecule has 0 aliphatic carbocycles. The van der Waals surface area contributed by atoms with Crippen molar-refractivity contribution >= 4 is 5.91 Å². The third-order valence-corrected chi connectivity index (χ3v) is 3.11. The van der Waals surface area contributed by atoms with E-state index in [0.717, 1.165) is 12.8 Å². The number of carbonyl (C=O) groups is 1. The molecule has 1 saturated heterocycles. The van der Waals surface area contributed by atoms with Crippen molar-refractivity contribution in [1.82, 2.24) is 4.90 Å². The van der Waals surface area contributed by atoms with Crippen molar-refractivity contribution in [2.75, 3.05) is 6.54 Å². The minimum Gasteiger partial charge on any atom is -0.391 e. The minimum absolute atomic E-state index is 0.105. The molecule has 1 aliphatic heterocycles. The van der Waals surface area contributed by atoms with Gasteiger partial charge in [-0.1, -0.05) is 20.3 Å². The summed E-state index contributed by atoms with van der Waals surface area (Å²) in [7, 11) is 0. The summed E-state index contributed by atoms with van der Waals surface area (Å²) in [6.45, 7) is 6.96. The second-order valence-corrected chi connectivity index (χ2v) is 4.50. The fourth-order valence-electron chi connectivity index (χ4n) is 2.01. The highest BCUT2D eigenvalue weighted by molar-refractivity contribution is 5.79. The van der Waals surface area contributed by atoms with E-state index in [0.29, 0.717) is 18.9 Å². The quantitative estimate of drug-likeness (QED) is 0.743. The van der Waals surface area contributed by atoms with Crippen LogP contribution in [0.25, 0.3) is 0 Å². The van der Waals surface area contributed by atoms with Gasteiger partial charge in [0.2, 0.25) is 5.91 Å². The van der Waals surface area contributed by atoms with Crippen LogP contribution in [0.4, 0.5) is 0 Å². The Morgan fingerprint density at radius 1 is 1.57 bits per heavy atom. The molecule has 0 aromatic rings. The summed E-state index contributed by atoms with van der Waals surface area (Å²) in [4.78, 5) is 13.3. The molecule has 82 valence electrons. The third kappa shape index (κ3) is 2.71. The Hall–Kier alpha value is -0.570. The lowest BCUT2D eigenvalue weighted by Crippen LogP contribution is -2.35. The molecule has 3 unspecified atom stereocenters. The topological polar surface area (TPSA) is 40.5 Å². The number of amides is 1. The number of aliphatic hydroxyl groups is 1. The molecule has 0 aromatic carbocycles. The fourth-order valence-corrected chi connectivity index (χ4v) is 2.01. The molecule has 3 nitrogen and oxygen atoms in total. The smallest absolute Gasteiger partial charge is 0.225 e. The van der Waals surface area contributed by atoms with Crippen molar-refractivity contribution in [2.45, 2.75) is 52.2 Å². The number of hydrogen-bond donors (Lipinski definition) is 1. The summed E-state index contributed by atoms with van der Waals surface area (Å²) in [6, 6.07) is 0.273. The summed E-state index contributed by atoms with van der Waals surface area (Å²) in [5, 5.41) is 9.35. The van der Waals surface area contributed by atoms with Crippen LogP contribution < -0.4 is 0 Å². The van der Waals surface area contributed by atoms with Crippen LogP contribution in [0.5, 0.6) is 0 Å². The summed E-state index contributed by atoms with van der Waals surface area (Å²) in [5.74, 6) is 0.754. The molecule has 0 spiro atoms. The number of β-amino-alcohol motifs (C(OH)–C–C–N with tert-alkyl or cyclic N) is 1. The molecule has 0 saturated carbocycles. The van der Waals surface area contributed by atoms with Gasteiger partial charge in [0.1, 0.15) is 0 Å². The zero-order valence-corrected chi connectivity index (χ0v) is 9.36. The Bertz CT molecular complexity index is 205. The van der Waals surface area contributed by atoms with Crippen LogP contribution in [-0.4, -0.2) is 34.6 Å². The fraction of sp³-hybridized carbons (Fsp3) is 0.909. The second-order valence-electron chi connectivity index (χ2n) is 4.50. The van der Waals surface area contributed by atoms with E-state index in [2.05, 4.69) is 20.8 Å². The van der Waals surface area contributed by atoms with Gasteiger partial charge in [-0.2, -0.15) is 0 Å². The molecule has 3 heteroatoms. The summed E-state index contributed by atoms with van der Waals surface area (Å²) < 4.78 is 0. The first-order valence-electron chi connectivity index (χ1n) is 5.52. The van der Waals surface area contributed by atoms with Gasteiger partial charge < -0.3 is 10.0 Å². The van der Waals surface area contributed by atoms with E-state index in [1.807, 2.05) is 4.90 Å². The van der Waals surface area contributed by atoms with Gasteiger partial charge in [-0.05, 0) is 19.3 Å². The average Bonchev–Trinajstić information content (AvgIpc) is 2.45. The number of aliphatic hydroxyl groups excluding tert-OH is 1. The highest BCUT2D eigenvalue weighted by Gasteiger charge is 2.31. The molecule has 1 aliphatic rings. The van der Waals surface area contributed by atoms with Crippen molar-refractivity contribution in [1.29, 1.82) is 0 Å². The predicted molar refractivity (Wildman–Crippen MR) is 55.9 cm³/mol. The zero-order valence-electron chi connectivity index (χ0n) is 9.36. The number of likely N-dealkylation sites (tertiary alicyclic amines) is 1. The molecule has 1 rings (SSSR count). The highest BCUT2D eigenvalue weighted by atomic mass is 16.3. The van der Waals surface area contributed by atoms with Gasteiger partial charge in [0.15, 0.2) is 0 Å². The average molecular weight is 199 g/mol. The van der Waals surface area contributed by atoms with Gasteiger partial charge in [-0.25, -0.2) is 0 Å². The van der Waals surface area contributed by atoms with E-state index in [-0.39, 0.29) is 11.9 Å². The molecule has 14 heavy (non-hydrogen) atoms. The van der Waals surface area contributed by atoms with E-state index in [1.165, 1.54) is 0 Å². The number of rotatable bonds is 4. The Morgan fingerprint density at radius 2 is 2.21 bits per heavy atom.